The van der Waals surface area contributed by atoms with Crippen molar-refractivity contribution in [1.82, 2.24) is 24.8 Å². The molecular weight excluding hydrogens is 506 g/mol. The molecule has 10 nitrogen and oxygen atoms in total. The van der Waals surface area contributed by atoms with Crippen LogP contribution in [-0.4, -0.2) is 89.5 Å². The van der Waals surface area contributed by atoms with Crippen LogP contribution in [0.3, 0.4) is 0 Å². The molecule has 4 aliphatic rings. The number of esters is 1. The molecule has 0 saturated carbocycles. The lowest BCUT2D eigenvalue weighted by Gasteiger charge is -2.36. The Morgan fingerprint density at radius 3 is 2.79 bits per heavy atom. The molecule has 2 fully saturated rings. The Kier molecular flexibility index (Phi) is 6.30. The van der Waals surface area contributed by atoms with Crippen LogP contribution < -0.4 is 0 Å². The van der Waals surface area contributed by atoms with Gasteiger partial charge in [-0.2, -0.15) is 0 Å². The zero-order valence-corrected chi connectivity index (χ0v) is 22.0. The number of aromatic nitrogens is 3. The van der Waals surface area contributed by atoms with Crippen molar-refractivity contribution >= 4 is 40.6 Å². The first-order valence-corrected chi connectivity index (χ1v) is 13.9. The van der Waals surface area contributed by atoms with Crippen LogP contribution >= 0.6 is 11.8 Å². The summed E-state index contributed by atoms with van der Waals surface area (Å²) in [6.45, 7) is 2.49. The minimum Gasteiger partial charge on any atom is -0.465 e. The number of aliphatic hydroxyl groups excluding tert-OH is 1. The molecule has 2 aromatic rings. The van der Waals surface area contributed by atoms with Gasteiger partial charge in [0.15, 0.2) is 0 Å². The van der Waals surface area contributed by atoms with Crippen molar-refractivity contribution < 1.29 is 24.2 Å². The number of nitrogens with zero attached hydrogens (tertiary/aromatic N) is 5. The number of fused-ring (bicyclic) bond motifs is 3. The minimum absolute atomic E-state index is 0.0102. The second kappa shape index (κ2) is 9.53. The van der Waals surface area contributed by atoms with Crippen molar-refractivity contribution in [1.29, 1.82) is 0 Å². The highest BCUT2D eigenvalue weighted by Gasteiger charge is 2.73. The number of rotatable bonds is 4. The van der Waals surface area contributed by atoms with Crippen molar-refractivity contribution in [3.63, 3.8) is 0 Å². The van der Waals surface area contributed by atoms with Gasteiger partial charge in [0.05, 0.1) is 35.3 Å². The fourth-order valence-electron chi connectivity index (χ4n) is 6.50. The Balaban J connectivity index is 1.42. The average molecular weight is 538 g/mol. The number of thioether (sulfide) groups is 1. The number of hydrogen-bond acceptors (Lipinski definition) is 8. The van der Waals surface area contributed by atoms with E-state index in [9.17, 15) is 19.5 Å². The first-order chi connectivity index (χ1) is 18.4. The van der Waals surface area contributed by atoms with E-state index in [1.165, 1.54) is 16.7 Å². The SMILES string of the molecule is C[C@]12/C=C\CCCCOC(=O)[C@H]1[C@H]1C(=O)N(CCO)C3C(=O)N(Cn4nnc5ccccc54)CC=C[C@@]31S2. The lowest BCUT2D eigenvalue weighted by Crippen LogP contribution is -2.54. The molecule has 38 heavy (non-hydrogen) atoms. The van der Waals surface area contributed by atoms with Gasteiger partial charge in [0.2, 0.25) is 11.8 Å². The van der Waals surface area contributed by atoms with E-state index in [2.05, 4.69) is 16.4 Å². The monoisotopic (exact) mass is 537 g/mol. The van der Waals surface area contributed by atoms with Gasteiger partial charge >= 0.3 is 5.97 Å². The van der Waals surface area contributed by atoms with E-state index in [0.29, 0.717) is 13.2 Å². The van der Waals surface area contributed by atoms with Crippen LogP contribution in [0.2, 0.25) is 0 Å². The van der Waals surface area contributed by atoms with Gasteiger partial charge in [-0.1, -0.05) is 41.7 Å². The van der Waals surface area contributed by atoms with Crippen molar-refractivity contribution in [2.45, 2.75) is 48.4 Å². The van der Waals surface area contributed by atoms with Crippen molar-refractivity contribution in [2.24, 2.45) is 11.8 Å². The first-order valence-electron chi connectivity index (χ1n) is 13.1. The molecule has 0 bridgehead atoms. The fourth-order valence-corrected chi connectivity index (χ4v) is 8.66. The Morgan fingerprint density at radius 1 is 1.11 bits per heavy atom. The molecule has 5 atom stereocenters. The Morgan fingerprint density at radius 2 is 1.95 bits per heavy atom. The normalized spacial score (nSPS) is 34.1. The van der Waals surface area contributed by atoms with Crippen LogP contribution in [0.1, 0.15) is 26.2 Å². The standard InChI is InChI=1S/C27H31N5O5S/c1-26-11-6-2-3-7-16-37-25(36)21(26)20-23(34)31(14-15-33)22-24(35)30(13-8-12-27(20,22)38-26)17-32-19-10-5-4-9-18(19)28-29-32/h4-6,8-12,20-22,33H,2-3,7,13-17H2,1H3/b11-6-/t20-,21+,22?,26-,27-/m0/s1. The number of carbonyl (C=O) groups excluding carboxylic acids is 3. The number of ether oxygens (including phenoxy) is 1. The molecule has 1 N–H and O–H groups in total. The molecule has 6 rings (SSSR count). The van der Waals surface area contributed by atoms with Crippen LogP contribution in [0.4, 0.5) is 0 Å². The second-order valence-electron chi connectivity index (χ2n) is 10.5. The van der Waals surface area contributed by atoms with Gasteiger partial charge < -0.3 is 19.6 Å². The number of cyclic esters (lactones) is 1. The number of amides is 2. The first kappa shape index (κ1) is 25.1. The molecule has 1 aromatic heterocycles. The molecule has 4 aliphatic heterocycles. The topological polar surface area (TPSA) is 118 Å². The van der Waals surface area contributed by atoms with Crippen molar-refractivity contribution in [3.05, 3.63) is 48.6 Å². The molecule has 1 aromatic carbocycles. The summed E-state index contributed by atoms with van der Waals surface area (Å²) in [5, 5.41) is 18.3. The van der Waals surface area contributed by atoms with Crippen LogP contribution in [-0.2, 0) is 25.8 Å². The minimum atomic E-state index is -0.973. The van der Waals surface area contributed by atoms with Crippen LogP contribution in [0.5, 0.6) is 0 Å². The second-order valence-corrected chi connectivity index (χ2v) is 12.3. The smallest absolute Gasteiger partial charge is 0.311 e. The number of allylic oxidation sites excluding steroid dienone is 1. The maximum Gasteiger partial charge on any atom is 0.311 e. The lowest BCUT2D eigenvalue weighted by molar-refractivity contribution is -0.154. The molecular formula is C27H31N5O5S. The quantitative estimate of drug-likeness (QED) is 0.463. The summed E-state index contributed by atoms with van der Waals surface area (Å²) in [5.41, 5.74) is 1.53. The zero-order chi connectivity index (χ0) is 26.5. The molecule has 200 valence electrons. The van der Waals surface area contributed by atoms with E-state index in [4.69, 9.17) is 4.74 Å². The van der Waals surface area contributed by atoms with Gasteiger partial charge in [-0.25, -0.2) is 4.68 Å². The summed E-state index contributed by atoms with van der Waals surface area (Å²) in [6, 6.07) is 6.66. The Bertz CT molecular complexity index is 1340. The van der Waals surface area contributed by atoms with E-state index in [1.54, 1.807) is 9.58 Å². The predicted molar refractivity (Wildman–Crippen MR) is 141 cm³/mol. The van der Waals surface area contributed by atoms with E-state index in [0.717, 1.165) is 30.3 Å². The number of hydrogen-bond donors (Lipinski definition) is 1. The van der Waals surface area contributed by atoms with Gasteiger partial charge in [-0.05, 0) is 38.3 Å². The molecule has 2 saturated heterocycles. The van der Waals surface area contributed by atoms with E-state index in [-0.39, 0.29) is 31.6 Å². The van der Waals surface area contributed by atoms with Gasteiger partial charge in [-0.3, -0.25) is 14.4 Å². The summed E-state index contributed by atoms with van der Waals surface area (Å²) in [5.74, 6) is -2.46. The van der Waals surface area contributed by atoms with E-state index >= 15 is 0 Å². The molecule has 1 spiro atoms. The van der Waals surface area contributed by atoms with E-state index < -0.39 is 33.3 Å². The van der Waals surface area contributed by atoms with Crippen LogP contribution in [0.25, 0.3) is 11.0 Å². The van der Waals surface area contributed by atoms with Crippen molar-refractivity contribution in [3.8, 4) is 0 Å². The molecule has 2 amide bonds. The molecule has 0 aliphatic carbocycles. The fraction of sp³-hybridized carbons (Fsp3) is 0.519. The number of β-amino-alcohol motifs (C(OH)–C–C–N with tert-alkyl or cyclic N) is 1. The number of para-hydroxylation sites is 1. The van der Waals surface area contributed by atoms with Crippen molar-refractivity contribution in [2.75, 3.05) is 26.3 Å². The third kappa shape index (κ3) is 3.78. The molecule has 1 unspecified atom stereocenters. The third-order valence-corrected chi connectivity index (χ3v) is 9.95. The third-order valence-electron chi connectivity index (χ3n) is 8.15. The summed E-state index contributed by atoms with van der Waals surface area (Å²) < 4.78 is 5.65. The maximum atomic E-state index is 14.3. The molecule has 5 heterocycles. The Hall–Kier alpha value is -3.18. The maximum absolute atomic E-state index is 14.3. The average Bonchev–Trinajstić information content (AvgIpc) is 3.46. The highest BCUT2D eigenvalue weighted by molar-refractivity contribution is 8.02. The molecule has 0 radical (unpaired) electrons. The van der Waals surface area contributed by atoms with Gasteiger partial charge in [0, 0.05) is 17.8 Å². The number of benzene rings is 1. The lowest BCUT2D eigenvalue weighted by atomic mass is 9.74. The number of carbonyl (C=O) groups is 3. The largest absolute Gasteiger partial charge is 0.465 e. The van der Waals surface area contributed by atoms with Crippen LogP contribution in [0.15, 0.2) is 48.6 Å². The van der Waals surface area contributed by atoms with E-state index in [1.807, 2.05) is 49.4 Å². The predicted octanol–water partition coefficient (Wildman–Crippen LogP) is 1.75. The molecule has 11 heteroatoms. The number of likely N-dealkylation sites (tertiary alicyclic amines) is 1. The summed E-state index contributed by atoms with van der Waals surface area (Å²) in [7, 11) is 0. The van der Waals surface area contributed by atoms with Gasteiger partial charge in [-0.15, -0.1) is 16.9 Å². The number of aliphatic hydroxyl groups is 1. The summed E-state index contributed by atoms with van der Waals surface area (Å²) in [6.07, 6.45) is 10.5. The summed E-state index contributed by atoms with van der Waals surface area (Å²) in [4.78, 5) is 44.9. The highest BCUT2D eigenvalue weighted by atomic mass is 32.2. The highest BCUT2D eigenvalue weighted by Crippen LogP contribution is 2.65. The van der Waals surface area contributed by atoms with Gasteiger partial charge in [0.1, 0.15) is 18.2 Å². The Labute approximate surface area is 224 Å². The zero-order valence-electron chi connectivity index (χ0n) is 21.2. The summed E-state index contributed by atoms with van der Waals surface area (Å²) >= 11 is 1.50. The van der Waals surface area contributed by atoms with Crippen LogP contribution in [0, 0.1) is 11.8 Å². The van der Waals surface area contributed by atoms with Gasteiger partial charge in [0.25, 0.3) is 0 Å².